The molecule has 2 aromatic heterocycles. The predicted molar refractivity (Wildman–Crippen MR) is 127 cm³/mol. The van der Waals surface area contributed by atoms with Crippen molar-refractivity contribution in [1.29, 1.82) is 0 Å². The minimum absolute atomic E-state index is 0.193. The van der Waals surface area contributed by atoms with Crippen molar-refractivity contribution in [2.75, 3.05) is 33.9 Å². The van der Waals surface area contributed by atoms with E-state index in [9.17, 15) is 5.11 Å². The van der Waals surface area contributed by atoms with Gasteiger partial charge in [-0.05, 0) is 54.2 Å². The second kappa shape index (κ2) is 10.5. The lowest BCUT2D eigenvalue weighted by molar-refractivity contribution is 0.107. The monoisotopic (exact) mass is 453 g/mol. The van der Waals surface area contributed by atoms with Gasteiger partial charge < -0.3 is 24.6 Å². The minimum atomic E-state index is -0.630. The van der Waals surface area contributed by atoms with Gasteiger partial charge in [0.25, 0.3) is 0 Å². The van der Waals surface area contributed by atoms with Gasteiger partial charge in [0.15, 0.2) is 11.5 Å². The number of fused-ring (bicyclic) bond motifs is 1. The Bertz CT molecular complexity index is 1160. The average molecular weight is 454 g/mol. The number of thiophene rings is 1. The smallest absolute Gasteiger partial charge is 0.160 e. The van der Waals surface area contributed by atoms with Gasteiger partial charge in [-0.2, -0.15) is 5.10 Å². The molecule has 7 nitrogen and oxygen atoms in total. The molecule has 0 fully saturated rings. The maximum absolute atomic E-state index is 10.4. The molecule has 2 heterocycles. The van der Waals surface area contributed by atoms with Crippen molar-refractivity contribution in [2.45, 2.75) is 12.5 Å². The number of aliphatic hydroxyl groups is 1. The van der Waals surface area contributed by atoms with Crippen LogP contribution >= 0.6 is 11.3 Å². The number of nitrogens with one attached hydrogen (secondary N) is 2. The molecule has 8 heteroatoms. The summed E-state index contributed by atoms with van der Waals surface area (Å²) in [5.41, 5.74) is 3.93. The van der Waals surface area contributed by atoms with Crippen LogP contribution in [0, 0.1) is 0 Å². The lowest BCUT2D eigenvalue weighted by Gasteiger charge is -2.15. The third kappa shape index (κ3) is 5.04. The molecule has 4 rings (SSSR count). The Hall–Kier alpha value is -3.07. The molecule has 3 N–H and O–H groups in total. The van der Waals surface area contributed by atoms with Crippen molar-refractivity contribution < 1.29 is 19.3 Å². The van der Waals surface area contributed by atoms with E-state index in [1.165, 1.54) is 0 Å². The Labute approximate surface area is 191 Å². The van der Waals surface area contributed by atoms with Crippen LogP contribution in [0.5, 0.6) is 17.2 Å². The van der Waals surface area contributed by atoms with Crippen LogP contribution in [0.4, 0.5) is 0 Å². The average Bonchev–Trinajstić information content (AvgIpc) is 3.45. The minimum Gasteiger partial charge on any atom is -0.493 e. The maximum Gasteiger partial charge on any atom is 0.160 e. The predicted octanol–water partition coefficient (Wildman–Crippen LogP) is 3.88. The van der Waals surface area contributed by atoms with Crippen molar-refractivity contribution in [3.05, 3.63) is 59.5 Å². The van der Waals surface area contributed by atoms with Gasteiger partial charge in [-0.1, -0.05) is 18.2 Å². The SMILES string of the molecule is COc1ccc(CCNCC(O)COc2ccccc2-c2n[nH]c3ccsc23)cc1OC. The fourth-order valence-corrected chi connectivity index (χ4v) is 4.35. The molecule has 168 valence electrons. The first-order valence-corrected chi connectivity index (χ1v) is 11.3. The van der Waals surface area contributed by atoms with Crippen LogP contribution in [0.3, 0.4) is 0 Å². The second-order valence-corrected chi connectivity index (χ2v) is 8.26. The van der Waals surface area contributed by atoms with Crippen LogP contribution < -0.4 is 19.5 Å². The summed E-state index contributed by atoms with van der Waals surface area (Å²) in [5, 5.41) is 23.2. The first-order chi connectivity index (χ1) is 15.7. The van der Waals surface area contributed by atoms with Crippen molar-refractivity contribution in [1.82, 2.24) is 15.5 Å². The number of rotatable bonds is 11. The molecule has 2 aromatic carbocycles. The zero-order valence-electron chi connectivity index (χ0n) is 18.1. The molecule has 32 heavy (non-hydrogen) atoms. The Balaban J connectivity index is 1.27. The van der Waals surface area contributed by atoms with Gasteiger partial charge in [0.1, 0.15) is 24.2 Å². The molecule has 0 aliphatic heterocycles. The van der Waals surface area contributed by atoms with Crippen LogP contribution in [0.1, 0.15) is 5.56 Å². The fourth-order valence-electron chi connectivity index (χ4n) is 3.50. The van der Waals surface area contributed by atoms with Gasteiger partial charge in [-0.15, -0.1) is 11.3 Å². The summed E-state index contributed by atoms with van der Waals surface area (Å²) in [6, 6.07) is 15.7. The summed E-state index contributed by atoms with van der Waals surface area (Å²) in [4.78, 5) is 0. The fraction of sp³-hybridized carbons (Fsp3) is 0.292. The number of nitrogens with zero attached hydrogens (tertiary/aromatic N) is 1. The van der Waals surface area contributed by atoms with E-state index in [0.29, 0.717) is 23.8 Å². The maximum atomic E-state index is 10.4. The molecule has 0 aliphatic rings. The van der Waals surface area contributed by atoms with Gasteiger partial charge >= 0.3 is 0 Å². The first-order valence-electron chi connectivity index (χ1n) is 10.4. The van der Waals surface area contributed by atoms with Crippen molar-refractivity contribution in [3.63, 3.8) is 0 Å². The summed E-state index contributed by atoms with van der Waals surface area (Å²) in [6.07, 6.45) is 0.182. The Morgan fingerprint density at radius 1 is 1.06 bits per heavy atom. The highest BCUT2D eigenvalue weighted by Gasteiger charge is 2.15. The van der Waals surface area contributed by atoms with Gasteiger partial charge in [0, 0.05) is 12.1 Å². The summed E-state index contributed by atoms with van der Waals surface area (Å²) in [6.45, 7) is 1.36. The molecule has 4 aromatic rings. The van der Waals surface area contributed by atoms with E-state index < -0.39 is 6.10 Å². The molecule has 0 spiro atoms. The summed E-state index contributed by atoms with van der Waals surface area (Å²) in [5.74, 6) is 2.14. The van der Waals surface area contributed by atoms with E-state index >= 15 is 0 Å². The van der Waals surface area contributed by atoms with Gasteiger partial charge in [-0.3, -0.25) is 5.10 Å². The molecule has 0 saturated carbocycles. The number of aliphatic hydroxyl groups excluding tert-OH is 1. The molecule has 0 saturated heterocycles. The van der Waals surface area contributed by atoms with E-state index in [4.69, 9.17) is 14.2 Å². The number of aromatic amines is 1. The summed E-state index contributed by atoms with van der Waals surface area (Å²) < 4.78 is 17.7. The standard InChI is InChI=1S/C24H27N3O4S/c1-29-21-8-7-16(13-22(21)30-2)9-11-25-14-17(28)15-31-20-6-4-3-5-18(20)23-24-19(26-27-23)10-12-32-24/h3-8,10,12-13,17,25,28H,9,11,14-15H2,1-2H3,(H,26,27). The van der Waals surface area contributed by atoms with E-state index in [0.717, 1.165) is 40.0 Å². The molecular formula is C24H27N3O4S. The number of aromatic nitrogens is 2. The van der Waals surface area contributed by atoms with Crippen LogP contribution in [-0.4, -0.2) is 55.3 Å². The normalized spacial score (nSPS) is 12.1. The number of ether oxygens (including phenoxy) is 3. The number of H-pyrrole nitrogens is 1. The number of benzene rings is 2. The summed E-state index contributed by atoms with van der Waals surface area (Å²) in [7, 11) is 3.25. The van der Waals surface area contributed by atoms with Crippen molar-refractivity contribution in [3.8, 4) is 28.5 Å². The lowest BCUT2D eigenvalue weighted by Crippen LogP contribution is -2.32. The van der Waals surface area contributed by atoms with Crippen LogP contribution in [-0.2, 0) is 6.42 Å². The third-order valence-electron chi connectivity index (χ3n) is 5.16. The highest BCUT2D eigenvalue weighted by molar-refractivity contribution is 7.17. The first kappa shape index (κ1) is 22.1. The van der Waals surface area contributed by atoms with E-state index in [1.54, 1.807) is 25.6 Å². The molecule has 0 radical (unpaired) electrons. The van der Waals surface area contributed by atoms with Gasteiger partial charge in [-0.25, -0.2) is 0 Å². The zero-order valence-corrected chi connectivity index (χ0v) is 18.9. The zero-order chi connectivity index (χ0) is 22.3. The van der Waals surface area contributed by atoms with Crippen molar-refractivity contribution >= 4 is 21.6 Å². The quantitative estimate of drug-likeness (QED) is 0.299. The van der Waals surface area contributed by atoms with E-state index in [1.807, 2.05) is 53.9 Å². The van der Waals surface area contributed by atoms with Crippen molar-refractivity contribution in [2.24, 2.45) is 0 Å². The van der Waals surface area contributed by atoms with Crippen LogP contribution in [0.25, 0.3) is 21.5 Å². The lowest BCUT2D eigenvalue weighted by atomic mass is 10.1. The van der Waals surface area contributed by atoms with Gasteiger partial charge in [0.2, 0.25) is 0 Å². The molecule has 0 amide bonds. The highest BCUT2D eigenvalue weighted by Crippen LogP contribution is 2.35. The molecule has 0 bridgehead atoms. The number of hydrogen-bond acceptors (Lipinski definition) is 7. The highest BCUT2D eigenvalue weighted by atomic mass is 32.1. The topological polar surface area (TPSA) is 88.6 Å². The second-order valence-electron chi connectivity index (χ2n) is 7.34. The molecule has 1 unspecified atom stereocenters. The summed E-state index contributed by atoms with van der Waals surface area (Å²) >= 11 is 1.64. The van der Waals surface area contributed by atoms with Gasteiger partial charge in [0.05, 0.1) is 24.4 Å². The van der Waals surface area contributed by atoms with Crippen LogP contribution in [0.15, 0.2) is 53.9 Å². The van der Waals surface area contributed by atoms with Crippen LogP contribution in [0.2, 0.25) is 0 Å². The van der Waals surface area contributed by atoms with E-state index in [2.05, 4.69) is 15.5 Å². The molecule has 0 aliphatic carbocycles. The number of hydrogen-bond donors (Lipinski definition) is 3. The van der Waals surface area contributed by atoms with E-state index in [-0.39, 0.29) is 6.61 Å². The largest absolute Gasteiger partial charge is 0.493 e. The molecular weight excluding hydrogens is 426 g/mol. The molecule has 1 atom stereocenters. The number of para-hydroxylation sites is 1. The third-order valence-corrected chi connectivity index (χ3v) is 6.08. The number of methoxy groups -OCH3 is 2. The Morgan fingerprint density at radius 2 is 1.91 bits per heavy atom. The Morgan fingerprint density at radius 3 is 2.75 bits per heavy atom. The Kier molecular flexibility index (Phi) is 7.26.